The molecule has 0 aromatic rings. The van der Waals surface area contributed by atoms with Gasteiger partial charge in [-0.3, -0.25) is 9.59 Å². The van der Waals surface area contributed by atoms with Crippen LogP contribution in [0, 0.1) is 0 Å². The smallest absolute Gasteiger partial charge is 0.306 e. The van der Waals surface area contributed by atoms with Gasteiger partial charge in [-0.2, -0.15) is 0 Å². The fourth-order valence-electron chi connectivity index (χ4n) is 8.26. The molecule has 5 nitrogen and oxygen atoms in total. The Kier molecular flexibility index (Phi) is 57.4. The van der Waals surface area contributed by atoms with Gasteiger partial charge in [0.1, 0.15) is 6.61 Å². The molecule has 0 amide bonds. The van der Waals surface area contributed by atoms with Crippen molar-refractivity contribution in [1.82, 2.24) is 0 Å². The summed E-state index contributed by atoms with van der Waals surface area (Å²) in [6.07, 6.45) is 81.4. The largest absolute Gasteiger partial charge is 0.462 e. The van der Waals surface area contributed by atoms with E-state index in [1.807, 2.05) is 0 Å². The Balaban J connectivity index is 4.34. The molecule has 0 heterocycles. The van der Waals surface area contributed by atoms with Crippen LogP contribution in [0.5, 0.6) is 0 Å². The Bertz CT molecular complexity index is 1330. The lowest BCUT2D eigenvalue weighted by Crippen LogP contribution is -2.30. The molecular weight excluding hydrogens is 861 g/mol. The number of carbonyl (C=O) groups excluding carboxylic acids is 2. The molecule has 0 saturated heterocycles. The van der Waals surface area contributed by atoms with Crippen molar-refractivity contribution in [2.45, 2.75) is 284 Å². The number of rotatable bonds is 54. The molecule has 1 unspecified atom stereocenters. The molecule has 0 aromatic carbocycles. The van der Waals surface area contributed by atoms with Crippen molar-refractivity contribution < 1.29 is 23.8 Å². The van der Waals surface area contributed by atoms with Gasteiger partial charge in [0, 0.05) is 19.4 Å². The van der Waals surface area contributed by atoms with Gasteiger partial charge in [0.05, 0.1) is 6.61 Å². The Morgan fingerprint density at radius 3 is 1.03 bits per heavy atom. The highest BCUT2D eigenvalue weighted by molar-refractivity contribution is 5.70. The van der Waals surface area contributed by atoms with E-state index in [1.165, 1.54) is 135 Å². The Hall–Kier alpha value is -3.18. The SMILES string of the molecule is CC/C=C\C/C=C\C/C=C\C/C=C\CCCCCCCCC(=O)OCC(COCCCCCCC/C=C\C/C=C\C/C=C\C/C=C\CC)OC(=O)CCCCCCCCCCCCCCCCCCC. The lowest BCUT2D eigenvalue weighted by Gasteiger charge is -2.18. The van der Waals surface area contributed by atoms with E-state index in [9.17, 15) is 9.59 Å². The van der Waals surface area contributed by atoms with Crippen LogP contribution >= 0.6 is 0 Å². The maximum atomic E-state index is 12.9. The highest BCUT2D eigenvalue weighted by Gasteiger charge is 2.17. The van der Waals surface area contributed by atoms with Gasteiger partial charge in [-0.05, 0) is 96.3 Å². The minimum atomic E-state index is -0.557. The van der Waals surface area contributed by atoms with Crippen molar-refractivity contribution in [3.05, 3.63) is 97.2 Å². The van der Waals surface area contributed by atoms with E-state index in [-0.39, 0.29) is 25.2 Å². The second-order valence-electron chi connectivity index (χ2n) is 19.5. The van der Waals surface area contributed by atoms with Crippen molar-refractivity contribution in [2.24, 2.45) is 0 Å². The van der Waals surface area contributed by atoms with E-state index in [2.05, 4.69) is 118 Å². The average Bonchev–Trinajstić information content (AvgIpc) is 3.36. The molecule has 0 aliphatic heterocycles. The lowest BCUT2D eigenvalue weighted by atomic mass is 10.0. The first-order chi connectivity index (χ1) is 34.6. The van der Waals surface area contributed by atoms with Crippen molar-refractivity contribution in [3.8, 4) is 0 Å². The van der Waals surface area contributed by atoms with Crippen LogP contribution in [0.2, 0.25) is 0 Å². The fraction of sp³-hybridized carbons (Fsp3) is 0.723. The van der Waals surface area contributed by atoms with Gasteiger partial charge >= 0.3 is 11.9 Å². The summed E-state index contributed by atoms with van der Waals surface area (Å²) >= 11 is 0. The van der Waals surface area contributed by atoms with Crippen molar-refractivity contribution in [1.29, 1.82) is 0 Å². The van der Waals surface area contributed by atoms with E-state index < -0.39 is 6.10 Å². The molecule has 1 atom stereocenters. The van der Waals surface area contributed by atoms with Gasteiger partial charge in [0.15, 0.2) is 6.10 Å². The summed E-state index contributed by atoms with van der Waals surface area (Å²) in [4.78, 5) is 25.6. The third kappa shape index (κ3) is 57.4. The number of hydrogen-bond acceptors (Lipinski definition) is 5. The Morgan fingerprint density at radius 2 is 0.643 bits per heavy atom. The summed E-state index contributed by atoms with van der Waals surface area (Å²) in [5.74, 6) is -0.417. The van der Waals surface area contributed by atoms with Crippen LogP contribution in [0.4, 0.5) is 0 Å². The van der Waals surface area contributed by atoms with Gasteiger partial charge in [0.2, 0.25) is 0 Å². The topological polar surface area (TPSA) is 61.8 Å². The average molecular weight is 974 g/mol. The van der Waals surface area contributed by atoms with E-state index in [4.69, 9.17) is 14.2 Å². The molecule has 0 aliphatic rings. The quantitative estimate of drug-likeness (QED) is 0.0345. The molecule has 0 aromatic heterocycles. The number of unbranched alkanes of at least 4 members (excludes halogenated alkanes) is 27. The van der Waals surface area contributed by atoms with Crippen LogP contribution in [0.1, 0.15) is 278 Å². The maximum absolute atomic E-state index is 12.9. The normalized spacial score (nSPS) is 12.9. The second kappa shape index (κ2) is 60.1. The van der Waals surface area contributed by atoms with Gasteiger partial charge in [-0.25, -0.2) is 0 Å². The predicted octanol–water partition coefficient (Wildman–Crippen LogP) is 20.6. The van der Waals surface area contributed by atoms with Gasteiger partial charge in [-0.1, -0.05) is 266 Å². The number of hydrogen-bond donors (Lipinski definition) is 0. The summed E-state index contributed by atoms with van der Waals surface area (Å²) < 4.78 is 17.5. The van der Waals surface area contributed by atoms with Crippen molar-refractivity contribution in [3.63, 3.8) is 0 Å². The molecule has 70 heavy (non-hydrogen) atoms. The molecule has 0 fully saturated rings. The van der Waals surface area contributed by atoms with Crippen LogP contribution < -0.4 is 0 Å². The first kappa shape index (κ1) is 66.8. The third-order valence-corrected chi connectivity index (χ3v) is 12.6. The van der Waals surface area contributed by atoms with E-state index in [1.54, 1.807) is 0 Å². The van der Waals surface area contributed by atoms with Gasteiger partial charge < -0.3 is 14.2 Å². The molecule has 5 heteroatoms. The number of esters is 2. The highest BCUT2D eigenvalue weighted by atomic mass is 16.6. The predicted molar refractivity (Wildman–Crippen MR) is 306 cm³/mol. The molecule has 0 aliphatic carbocycles. The lowest BCUT2D eigenvalue weighted by molar-refractivity contribution is -0.163. The van der Waals surface area contributed by atoms with Crippen LogP contribution in [-0.2, 0) is 23.8 Å². The first-order valence-electron chi connectivity index (χ1n) is 29.8. The molecular formula is C65H112O5. The zero-order valence-electron chi connectivity index (χ0n) is 46.3. The van der Waals surface area contributed by atoms with Gasteiger partial charge in [0.25, 0.3) is 0 Å². The monoisotopic (exact) mass is 973 g/mol. The zero-order valence-corrected chi connectivity index (χ0v) is 46.3. The zero-order chi connectivity index (χ0) is 50.6. The van der Waals surface area contributed by atoms with Crippen molar-refractivity contribution >= 4 is 11.9 Å². The molecule has 0 N–H and O–H groups in total. The summed E-state index contributed by atoms with van der Waals surface area (Å²) in [6.45, 7) is 7.58. The molecule has 0 bridgehead atoms. The third-order valence-electron chi connectivity index (χ3n) is 12.6. The maximum Gasteiger partial charge on any atom is 0.306 e. The highest BCUT2D eigenvalue weighted by Crippen LogP contribution is 2.16. The van der Waals surface area contributed by atoms with E-state index in [0.717, 1.165) is 109 Å². The van der Waals surface area contributed by atoms with Crippen LogP contribution in [-0.4, -0.2) is 37.9 Å². The first-order valence-corrected chi connectivity index (χ1v) is 29.8. The molecule has 0 radical (unpaired) electrons. The molecule has 0 spiro atoms. The summed E-state index contributed by atoms with van der Waals surface area (Å²) in [5.41, 5.74) is 0. The molecule has 402 valence electrons. The summed E-state index contributed by atoms with van der Waals surface area (Å²) in [6, 6.07) is 0. The minimum Gasteiger partial charge on any atom is -0.462 e. The van der Waals surface area contributed by atoms with E-state index in [0.29, 0.717) is 19.4 Å². The summed E-state index contributed by atoms with van der Waals surface area (Å²) in [7, 11) is 0. The fourth-order valence-corrected chi connectivity index (χ4v) is 8.26. The number of carbonyl (C=O) groups is 2. The number of ether oxygens (including phenoxy) is 3. The minimum absolute atomic E-state index is 0.0677. The molecule has 0 saturated carbocycles. The van der Waals surface area contributed by atoms with Crippen LogP contribution in [0.3, 0.4) is 0 Å². The van der Waals surface area contributed by atoms with E-state index >= 15 is 0 Å². The Morgan fingerprint density at radius 1 is 0.329 bits per heavy atom. The Labute approximate surface area is 434 Å². The second-order valence-corrected chi connectivity index (χ2v) is 19.5. The number of allylic oxidation sites excluding steroid dienone is 16. The molecule has 0 rings (SSSR count). The van der Waals surface area contributed by atoms with Gasteiger partial charge in [-0.15, -0.1) is 0 Å². The van der Waals surface area contributed by atoms with Crippen molar-refractivity contribution in [2.75, 3.05) is 19.8 Å². The van der Waals surface area contributed by atoms with Crippen LogP contribution in [0.15, 0.2) is 97.2 Å². The van der Waals surface area contributed by atoms with Crippen LogP contribution in [0.25, 0.3) is 0 Å². The summed E-state index contributed by atoms with van der Waals surface area (Å²) in [5, 5.41) is 0. The standard InChI is InChI=1S/C65H112O5/c1-4-7-10-13-16-19-22-25-28-31-33-35-37-40-43-46-49-52-55-58-64(66)69-62-63(61-68-60-57-54-51-48-45-42-39-36-32-29-26-23-20-17-14-11-8-5-2)70-65(67)59-56-53-50-47-44-41-38-34-30-27-24-21-18-15-12-9-6-3/h7-8,10-11,16-17,19-20,25-26,28-29,33,35-36,39,63H,4-6,9,12-15,18,21-24,27,30-32,34,37-38,40-62H2,1-3H3/b10-7-,11-8-,19-16-,20-17-,28-25-,29-26-,35-33-,39-36-.